The van der Waals surface area contributed by atoms with Crippen LogP contribution in [0.3, 0.4) is 0 Å². The molecule has 10 heteroatoms. The van der Waals surface area contributed by atoms with Crippen LogP contribution in [0.4, 0.5) is 5.69 Å². The molecule has 1 aromatic heterocycles. The van der Waals surface area contributed by atoms with Gasteiger partial charge < -0.3 is 0 Å². The maximum atomic E-state index is 12.7. The first kappa shape index (κ1) is 22.0. The van der Waals surface area contributed by atoms with E-state index >= 15 is 0 Å². The topological polar surface area (TPSA) is 90.9 Å². The molecular formula is C22H14Cl2N4O3S. The minimum absolute atomic E-state index is 0.00623. The fraction of sp³-hybridized carbons (Fsp3) is 0.0455. The van der Waals surface area contributed by atoms with Crippen molar-refractivity contribution < 1.29 is 9.72 Å². The molecule has 0 aliphatic carbocycles. The molecule has 0 radical (unpaired) electrons. The van der Waals surface area contributed by atoms with E-state index in [0.29, 0.717) is 32.3 Å². The van der Waals surface area contributed by atoms with Crippen molar-refractivity contribution in [2.24, 2.45) is 0 Å². The highest BCUT2D eigenvalue weighted by Crippen LogP contribution is 2.34. The van der Waals surface area contributed by atoms with Crippen LogP contribution >= 0.6 is 35.0 Å². The second kappa shape index (κ2) is 9.52. The normalized spacial score (nSPS) is 10.8. The number of nitrogens with zero attached hydrogens (tertiary/aromatic N) is 4. The lowest BCUT2D eigenvalue weighted by atomic mass is 10.1. The van der Waals surface area contributed by atoms with E-state index in [2.05, 4.69) is 10.2 Å². The summed E-state index contributed by atoms with van der Waals surface area (Å²) in [7, 11) is 0. The number of Topliss-reactive ketones (excluding diaryl/α,β-unsaturated/α-hetero) is 1. The van der Waals surface area contributed by atoms with Crippen LogP contribution in [0.1, 0.15) is 10.4 Å². The van der Waals surface area contributed by atoms with E-state index < -0.39 is 4.92 Å². The number of rotatable bonds is 7. The van der Waals surface area contributed by atoms with Crippen LogP contribution in [-0.4, -0.2) is 31.2 Å². The van der Waals surface area contributed by atoms with Gasteiger partial charge in [0, 0.05) is 23.3 Å². The number of non-ortho nitro benzene ring substituents is 1. The summed E-state index contributed by atoms with van der Waals surface area (Å²) in [4.78, 5) is 23.2. The number of ketones is 1. The van der Waals surface area contributed by atoms with Crippen molar-refractivity contribution in [3.63, 3.8) is 0 Å². The maximum absolute atomic E-state index is 12.7. The summed E-state index contributed by atoms with van der Waals surface area (Å²) in [5.41, 5.74) is 1.42. The smallest absolute Gasteiger partial charge is 0.270 e. The molecule has 1 heterocycles. The Bertz CT molecular complexity index is 1330. The van der Waals surface area contributed by atoms with Crippen LogP contribution in [-0.2, 0) is 0 Å². The van der Waals surface area contributed by atoms with Crippen molar-refractivity contribution in [2.75, 3.05) is 5.75 Å². The van der Waals surface area contributed by atoms with E-state index in [1.54, 1.807) is 22.8 Å². The van der Waals surface area contributed by atoms with E-state index in [9.17, 15) is 14.9 Å². The molecule has 0 atom stereocenters. The number of para-hydroxylation sites is 1. The van der Waals surface area contributed by atoms with E-state index in [0.717, 1.165) is 11.8 Å². The van der Waals surface area contributed by atoms with Crippen molar-refractivity contribution in [3.8, 4) is 17.1 Å². The maximum Gasteiger partial charge on any atom is 0.270 e. The van der Waals surface area contributed by atoms with Crippen LogP contribution in [0.15, 0.2) is 78.0 Å². The molecule has 0 bridgehead atoms. The van der Waals surface area contributed by atoms with Crippen molar-refractivity contribution in [1.29, 1.82) is 0 Å². The number of benzene rings is 3. The van der Waals surface area contributed by atoms with Gasteiger partial charge in [-0.3, -0.25) is 19.5 Å². The largest absolute Gasteiger partial charge is 0.293 e. The minimum atomic E-state index is -0.534. The lowest BCUT2D eigenvalue weighted by Gasteiger charge is -2.12. The predicted molar refractivity (Wildman–Crippen MR) is 125 cm³/mol. The highest BCUT2D eigenvalue weighted by Gasteiger charge is 2.21. The number of carbonyl (C=O) groups is 1. The Morgan fingerprint density at radius 3 is 2.41 bits per heavy atom. The Labute approximate surface area is 197 Å². The molecule has 4 rings (SSSR count). The van der Waals surface area contributed by atoms with Gasteiger partial charge in [-0.15, -0.1) is 10.2 Å². The van der Waals surface area contributed by atoms with Crippen molar-refractivity contribution >= 4 is 46.4 Å². The summed E-state index contributed by atoms with van der Waals surface area (Å²) < 4.78 is 1.74. The molecule has 7 nitrogen and oxygen atoms in total. The third kappa shape index (κ3) is 4.52. The van der Waals surface area contributed by atoms with Gasteiger partial charge in [0.2, 0.25) is 0 Å². The third-order valence-electron chi connectivity index (χ3n) is 4.55. The van der Waals surface area contributed by atoms with Gasteiger partial charge in [-0.25, -0.2) is 0 Å². The molecule has 0 spiro atoms. The molecule has 0 fully saturated rings. The van der Waals surface area contributed by atoms with Crippen molar-refractivity contribution in [2.45, 2.75) is 5.16 Å². The summed E-state index contributed by atoms with van der Waals surface area (Å²) >= 11 is 14.0. The molecule has 0 N–H and O–H groups in total. The summed E-state index contributed by atoms with van der Waals surface area (Å²) in [5, 5.41) is 21.0. The summed E-state index contributed by atoms with van der Waals surface area (Å²) in [6.45, 7) is 0. The molecule has 4 aromatic rings. The number of thioether (sulfide) groups is 1. The average molecular weight is 485 g/mol. The van der Waals surface area contributed by atoms with E-state index in [4.69, 9.17) is 23.2 Å². The molecule has 0 saturated heterocycles. The zero-order chi connectivity index (χ0) is 22.7. The molecule has 0 saturated carbocycles. The molecule has 0 aliphatic heterocycles. The van der Waals surface area contributed by atoms with Crippen LogP contribution in [0, 0.1) is 10.1 Å². The second-order valence-electron chi connectivity index (χ2n) is 6.59. The molecule has 0 unspecified atom stereocenters. The zero-order valence-corrected chi connectivity index (χ0v) is 18.6. The van der Waals surface area contributed by atoms with Crippen molar-refractivity contribution in [1.82, 2.24) is 14.8 Å². The number of aromatic nitrogens is 3. The first-order chi connectivity index (χ1) is 15.5. The first-order valence-electron chi connectivity index (χ1n) is 9.31. The van der Waals surface area contributed by atoms with Gasteiger partial charge in [-0.05, 0) is 24.3 Å². The molecule has 3 aromatic carbocycles. The number of nitro benzene ring substituents is 1. The fourth-order valence-electron chi connectivity index (χ4n) is 3.04. The Balaban J connectivity index is 1.70. The highest BCUT2D eigenvalue weighted by molar-refractivity contribution is 7.99. The van der Waals surface area contributed by atoms with Crippen LogP contribution in [0.5, 0.6) is 0 Å². The number of halogens is 2. The summed E-state index contributed by atoms with van der Waals surface area (Å²) in [5.74, 6) is 0.215. The molecule has 0 amide bonds. The number of hydrogen-bond donors (Lipinski definition) is 0. The van der Waals surface area contributed by atoms with Crippen LogP contribution in [0.2, 0.25) is 10.0 Å². The van der Waals surface area contributed by atoms with E-state index in [1.807, 2.05) is 36.4 Å². The van der Waals surface area contributed by atoms with Crippen LogP contribution in [0.25, 0.3) is 17.1 Å². The Kier molecular flexibility index (Phi) is 6.55. The van der Waals surface area contributed by atoms with Gasteiger partial charge in [-0.1, -0.05) is 71.4 Å². The summed E-state index contributed by atoms with van der Waals surface area (Å²) in [6, 6.07) is 20.1. The minimum Gasteiger partial charge on any atom is -0.293 e. The summed E-state index contributed by atoms with van der Waals surface area (Å²) in [6.07, 6.45) is 0. The first-order valence-corrected chi connectivity index (χ1v) is 11.1. The molecule has 32 heavy (non-hydrogen) atoms. The van der Waals surface area contributed by atoms with E-state index in [1.165, 1.54) is 18.2 Å². The SMILES string of the molecule is O=C(CSc1nnc(-c2ccccc2Cl)n1-c1ccccc1Cl)c1cccc([N+](=O)[O-])c1. The molecule has 0 aliphatic rings. The quantitative estimate of drug-likeness (QED) is 0.136. The number of nitro groups is 1. The lowest BCUT2D eigenvalue weighted by molar-refractivity contribution is -0.384. The Morgan fingerprint density at radius 1 is 0.969 bits per heavy atom. The Morgan fingerprint density at radius 2 is 1.69 bits per heavy atom. The third-order valence-corrected chi connectivity index (χ3v) is 6.13. The van der Waals surface area contributed by atoms with E-state index in [-0.39, 0.29) is 22.8 Å². The van der Waals surface area contributed by atoms with Gasteiger partial charge in [0.15, 0.2) is 16.8 Å². The van der Waals surface area contributed by atoms with Gasteiger partial charge in [0.25, 0.3) is 5.69 Å². The average Bonchev–Trinajstić information content (AvgIpc) is 3.21. The van der Waals surface area contributed by atoms with Gasteiger partial charge in [0.1, 0.15) is 0 Å². The lowest BCUT2D eigenvalue weighted by Crippen LogP contribution is -2.06. The highest BCUT2D eigenvalue weighted by atomic mass is 35.5. The van der Waals surface area contributed by atoms with Gasteiger partial charge in [-0.2, -0.15) is 0 Å². The standard InChI is InChI=1S/C22H14Cl2N4O3S/c23-17-9-2-1-8-16(17)21-25-26-22(27(21)19-11-4-3-10-18(19)24)32-13-20(29)14-6-5-7-15(12-14)28(30)31/h1-12H,13H2. The van der Waals surface area contributed by atoms with Crippen molar-refractivity contribution in [3.05, 3.63) is 98.5 Å². The number of hydrogen-bond acceptors (Lipinski definition) is 6. The number of carbonyl (C=O) groups excluding carboxylic acids is 1. The molecular weight excluding hydrogens is 471 g/mol. The predicted octanol–water partition coefficient (Wildman–Crippen LogP) is 6.12. The van der Waals surface area contributed by atoms with Gasteiger partial charge >= 0.3 is 0 Å². The molecule has 160 valence electrons. The second-order valence-corrected chi connectivity index (χ2v) is 8.35. The monoisotopic (exact) mass is 484 g/mol. The Hall–Kier alpha value is -3.20. The van der Waals surface area contributed by atoms with Crippen LogP contribution < -0.4 is 0 Å². The zero-order valence-electron chi connectivity index (χ0n) is 16.3. The van der Waals surface area contributed by atoms with Gasteiger partial charge in [0.05, 0.1) is 26.4 Å². The fourth-order valence-corrected chi connectivity index (χ4v) is 4.32.